The van der Waals surface area contributed by atoms with Crippen LogP contribution in [-0.4, -0.2) is 94.2 Å². The number of rotatable bonds is 7. The number of fused-ring (bicyclic) bond motifs is 6. The minimum Gasteiger partial charge on any atom is -0.457 e. The van der Waals surface area contributed by atoms with Crippen molar-refractivity contribution in [3.8, 4) is 0 Å². The van der Waals surface area contributed by atoms with Gasteiger partial charge in [0.05, 0.1) is 24.7 Å². The second kappa shape index (κ2) is 19.0. The lowest BCUT2D eigenvalue weighted by atomic mass is 9.79. The Hall–Kier alpha value is -4.66. The van der Waals surface area contributed by atoms with Crippen molar-refractivity contribution in [3.63, 3.8) is 0 Å². The molecule has 0 aromatic carbocycles. The highest BCUT2D eigenvalue weighted by molar-refractivity contribution is 5.87. The summed E-state index contributed by atoms with van der Waals surface area (Å²) in [5, 5.41) is 21.9. The third kappa shape index (κ3) is 11.2. The van der Waals surface area contributed by atoms with Crippen LogP contribution in [0.3, 0.4) is 0 Å². The first kappa shape index (κ1) is 42.5. The Bertz CT molecular complexity index is 1840. The van der Waals surface area contributed by atoms with Crippen LogP contribution < -0.4 is 0 Å². The number of nitrogens with zero attached hydrogens (tertiary/aromatic N) is 2. The number of cyclic esters (lactones) is 2. The van der Waals surface area contributed by atoms with Crippen LogP contribution in [-0.2, 0) is 30.1 Å². The lowest BCUT2D eigenvalue weighted by Crippen LogP contribution is -2.42. The number of methoxy groups -OCH3 is 1. The summed E-state index contributed by atoms with van der Waals surface area (Å²) in [5.41, 5.74) is -1.68. The van der Waals surface area contributed by atoms with Crippen LogP contribution >= 0.6 is 0 Å². The van der Waals surface area contributed by atoms with Crippen molar-refractivity contribution < 1.29 is 52.3 Å². The number of epoxide rings is 2. The van der Waals surface area contributed by atoms with Crippen molar-refractivity contribution in [2.75, 3.05) is 7.11 Å². The topological polar surface area (TPSA) is 179 Å². The fraction of sp³-hybridized carbons (Fsp3) is 0.488. The summed E-state index contributed by atoms with van der Waals surface area (Å²) in [5.74, 6) is -0.844. The summed E-state index contributed by atoms with van der Waals surface area (Å²) in [6.07, 6.45) is 24.1. The molecule has 3 aliphatic rings. The molecule has 3 aliphatic heterocycles. The van der Waals surface area contributed by atoms with Gasteiger partial charge < -0.3 is 42.7 Å². The fourth-order valence-electron chi connectivity index (χ4n) is 6.10. The number of aliphatic hydroxyl groups is 2. The quantitative estimate of drug-likeness (QED) is 0.178. The van der Waals surface area contributed by atoms with Gasteiger partial charge in [-0.3, -0.25) is 0 Å². The molecule has 0 spiro atoms. The zero-order chi connectivity index (χ0) is 40.5. The molecule has 0 amide bonds. The highest BCUT2D eigenvalue weighted by atomic mass is 16.6. The molecule has 2 fully saturated rings. The summed E-state index contributed by atoms with van der Waals surface area (Å²) >= 11 is 0. The maximum atomic E-state index is 13.4. The van der Waals surface area contributed by atoms with E-state index in [1.54, 1.807) is 49.6 Å². The molecule has 0 radical (unpaired) electrons. The molecule has 56 heavy (non-hydrogen) atoms. The Balaban J connectivity index is 1.37. The zero-order valence-electron chi connectivity index (χ0n) is 33.0. The Morgan fingerprint density at radius 2 is 1.25 bits per heavy atom. The highest BCUT2D eigenvalue weighted by Crippen LogP contribution is 2.35. The van der Waals surface area contributed by atoms with Crippen LogP contribution in [0.15, 0.2) is 100 Å². The lowest BCUT2D eigenvalue weighted by molar-refractivity contribution is -0.0461. The Morgan fingerprint density at radius 3 is 1.80 bits per heavy atom. The third-order valence-corrected chi connectivity index (χ3v) is 10.2. The number of aromatic nitrogens is 2. The van der Waals surface area contributed by atoms with Gasteiger partial charge in [0.1, 0.15) is 49.2 Å². The van der Waals surface area contributed by atoms with E-state index in [0.29, 0.717) is 12.8 Å². The normalized spacial score (nSPS) is 30.9. The standard InChI is InChI=1S/C43H54N2O11/c1-8-14-34(46)42(3,4)36-20-13-18-32-33(54-32)23-22-27(50-7)24-39-45-29(26-52-39)41(49)56-37(43(5,6)35(47)15-9-2)19-12-17-31-30(53-31)16-10-11-21-38-44-28(25-51-38)40(48)55-36/h8-18,21-23,25-27,30-37,46-47H,19-20,24H2,1-7H3/b14-8+,15-9+,16-10+,17-12-,18-13-,21-11+,23-22+/t27-,30-,31+,32?,33?,34-,35-,36-,37-/m0/s1. The maximum absolute atomic E-state index is 13.4. The van der Waals surface area contributed by atoms with Crippen LogP contribution in [0.5, 0.6) is 0 Å². The van der Waals surface area contributed by atoms with Crippen molar-refractivity contribution in [1.29, 1.82) is 0 Å². The second-order valence-corrected chi connectivity index (χ2v) is 15.1. The minimum absolute atomic E-state index is 0.00381. The van der Waals surface area contributed by atoms with Crippen LogP contribution in [0.4, 0.5) is 0 Å². The first-order valence-corrected chi connectivity index (χ1v) is 18.9. The van der Waals surface area contributed by atoms with Crippen molar-refractivity contribution in [1.82, 2.24) is 9.97 Å². The summed E-state index contributed by atoms with van der Waals surface area (Å²) in [6, 6.07) is 0. The molecule has 2 aromatic heterocycles. The van der Waals surface area contributed by atoms with Gasteiger partial charge in [0.2, 0.25) is 5.89 Å². The first-order valence-electron chi connectivity index (χ1n) is 18.9. The maximum Gasteiger partial charge on any atom is 0.360 e. The van der Waals surface area contributed by atoms with E-state index in [4.69, 9.17) is 32.5 Å². The summed E-state index contributed by atoms with van der Waals surface area (Å²) in [7, 11) is 1.56. The largest absolute Gasteiger partial charge is 0.457 e. The number of carbonyl (C=O) groups excluding carboxylic acids is 2. The van der Waals surface area contributed by atoms with Gasteiger partial charge in [-0.2, -0.15) is 0 Å². The monoisotopic (exact) mass is 774 g/mol. The second-order valence-electron chi connectivity index (χ2n) is 15.1. The summed E-state index contributed by atoms with van der Waals surface area (Å²) < 4.78 is 40.3. The number of esters is 2. The molecule has 2 saturated heterocycles. The molecule has 2 unspecified atom stereocenters. The van der Waals surface area contributed by atoms with E-state index < -0.39 is 53.3 Å². The van der Waals surface area contributed by atoms with E-state index in [-0.39, 0.29) is 54.0 Å². The molecule has 0 aliphatic carbocycles. The summed E-state index contributed by atoms with van der Waals surface area (Å²) in [6.45, 7) is 11.0. The van der Waals surface area contributed by atoms with Gasteiger partial charge in [-0.25, -0.2) is 19.6 Å². The minimum atomic E-state index is -0.884. The van der Waals surface area contributed by atoms with Crippen molar-refractivity contribution >= 4 is 18.0 Å². The van der Waals surface area contributed by atoms with Gasteiger partial charge >= 0.3 is 11.9 Å². The number of carbonyl (C=O) groups is 2. The Labute approximate surface area is 328 Å². The van der Waals surface area contributed by atoms with Gasteiger partial charge in [-0.15, -0.1) is 0 Å². The van der Waals surface area contributed by atoms with E-state index in [2.05, 4.69) is 9.97 Å². The molecule has 0 saturated carbocycles. The smallest absolute Gasteiger partial charge is 0.360 e. The number of oxazole rings is 2. The molecule has 5 heterocycles. The van der Waals surface area contributed by atoms with Gasteiger partial charge in [0.25, 0.3) is 0 Å². The number of allylic oxidation sites excluding steroid dienone is 4. The van der Waals surface area contributed by atoms with Crippen LogP contribution in [0.25, 0.3) is 6.08 Å². The average Bonchev–Trinajstić information content (AvgIpc) is 3.96. The highest BCUT2D eigenvalue weighted by Gasteiger charge is 2.41. The Morgan fingerprint density at radius 1 is 0.732 bits per heavy atom. The van der Waals surface area contributed by atoms with Crippen molar-refractivity contribution in [3.05, 3.63) is 115 Å². The number of hydrogen-bond donors (Lipinski definition) is 2. The van der Waals surface area contributed by atoms with Gasteiger partial charge in [-0.1, -0.05) is 107 Å². The van der Waals surface area contributed by atoms with Gasteiger partial charge in [0, 0.05) is 36.9 Å². The lowest BCUT2D eigenvalue weighted by Gasteiger charge is -2.36. The van der Waals surface area contributed by atoms with E-state index in [0.717, 1.165) is 0 Å². The van der Waals surface area contributed by atoms with E-state index in [9.17, 15) is 19.8 Å². The van der Waals surface area contributed by atoms with Crippen LogP contribution in [0.1, 0.15) is 87.1 Å². The molecular weight excluding hydrogens is 720 g/mol. The number of aliphatic hydroxyl groups excluding tert-OH is 2. The predicted octanol–water partition coefficient (Wildman–Crippen LogP) is 6.46. The first-order chi connectivity index (χ1) is 26.8. The van der Waals surface area contributed by atoms with Crippen LogP contribution in [0, 0.1) is 10.8 Å². The van der Waals surface area contributed by atoms with E-state index in [1.807, 2.05) is 84.1 Å². The molecule has 2 N–H and O–H groups in total. The SMILES string of the molecule is C/C=C/[C@H](O)C(C)(C)[C@@H]1C/C=C\C2OC2/C=C/[C@H](OC)Cc2nc(co2)C(=O)O[C@H](C(C)(C)[C@@H](O)/C=C/C)C/C=C\[C@H]2O[C@H]2/C=C/C=C/c2nc(co2)C(=O)O1. The zero-order valence-corrected chi connectivity index (χ0v) is 33.0. The summed E-state index contributed by atoms with van der Waals surface area (Å²) in [4.78, 5) is 35.3. The molecule has 302 valence electrons. The molecule has 13 heteroatoms. The molecule has 2 aromatic rings. The van der Waals surface area contributed by atoms with Crippen molar-refractivity contribution in [2.24, 2.45) is 10.8 Å². The van der Waals surface area contributed by atoms with Crippen LogP contribution in [0.2, 0.25) is 0 Å². The van der Waals surface area contributed by atoms with E-state index in [1.165, 1.54) is 12.5 Å². The van der Waals surface area contributed by atoms with Crippen molar-refractivity contribution in [2.45, 2.75) is 116 Å². The van der Waals surface area contributed by atoms with Gasteiger partial charge in [0.15, 0.2) is 17.3 Å². The number of hydrogen-bond acceptors (Lipinski definition) is 13. The molecule has 9 atom stereocenters. The average molecular weight is 775 g/mol. The van der Waals surface area contributed by atoms with Gasteiger partial charge in [-0.05, 0) is 13.8 Å². The number of ether oxygens (including phenoxy) is 5. The van der Waals surface area contributed by atoms with E-state index >= 15 is 0 Å². The predicted molar refractivity (Wildman–Crippen MR) is 207 cm³/mol. The molecule has 13 nitrogen and oxygen atoms in total. The fourth-order valence-corrected chi connectivity index (χ4v) is 6.10. The third-order valence-electron chi connectivity index (χ3n) is 10.2. The molecule has 5 rings (SSSR count). The Kier molecular flexibility index (Phi) is 14.4. The molecule has 4 bridgehead atoms. The molecular formula is C43H54N2O11.